The van der Waals surface area contributed by atoms with E-state index in [2.05, 4.69) is 0 Å². The molecule has 1 amide bonds. The minimum absolute atomic E-state index is 0.0508. The molecule has 5 nitrogen and oxygen atoms in total. The van der Waals surface area contributed by atoms with E-state index in [9.17, 15) is 19.4 Å². The first-order valence-corrected chi connectivity index (χ1v) is 6.67. The molecule has 21 heavy (non-hydrogen) atoms. The van der Waals surface area contributed by atoms with Gasteiger partial charge in [-0.15, -0.1) is 0 Å². The summed E-state index contributed by atoms with van der Waals surface area (Å²) in [5.74, 6) is -2.51. The van der Waals surface area contributed by atoms with Crippen molar-refractivity contribution < 1.29 is 23.8 Å². The molecule has 1 aromatic carbocycles. The maximum absolute atomic E-state index is 13.9. The minimum atomic E-state index is -0.703. The molecule has 1 fully saturated rings. The molecule has 0 spiro atoms. The van der Waals surface area contributed by atoms with Gasteiger partial charge in [-0.2, -0.15) is 0 Å². The zero-order chi connectivity index (χ0) is 15.1. The van der Waals surface area contributed by atoms with Crippen LogP contribution in [0.1, 0.15) is 12.8 Å². The van der Waals surface area contributed by atoms with Gasteiger partial charge in [-0.05, 0) is 24.6 Å². The summed E-state index contributed by atoms with van der Waals surface area (Å²) in [6.07, 6.45) is 0.968. The maximum Gasteiger partial charge on any atom is 0.249 e. The van der Waals surface area contributed by atoms with E-state index in [1.807, 2.05) is 0 Å². The van der Waals surface area contributed by atoms with Crippen molar-refractivity contribution in [2.24, 2.45) is 0 Å². The third-order valence-corrected chi connectivity index (χ3v) is 3.57. The molecular formula is C14H11ClFNO4. The van der Waals surface area contributed by atoms with E-state index in [1.54, 1.807) is 0 Å². The molecule has 7 heteroatoms. The number of hydrogen-bond acceptors (Lipinski definition) is 4. The molecule has 2 heterocycles. The zero-order valence-corrected chi connectivity index (χ0v) is 11.5. The summed E-state index contributed by atoms with van der Waals surface area (Å²) in [6, 6.07) is 3.82. The van der Waals surface area contributed by atoms with E-state index in [0.29, 0.717) is 19.4 Å². The van der Waals surface area contributed by atoms with E-state index in [1.165, 1.54) is 17.0 Å². The van der Waals surface area contributed by atoms with Crippen LogP contribution in [0, 0.1) is 5.82 Å². The van der Waals surface area contributed by atoms with Crippen LogP contribution < -0.4 is 4.90 Å². The van der Waals surface area contributed by atoms with Gasteiger partial charge in [0.1, 0.15) is 5.82 Å². The number of carbonyl (C=O) groups is 1. The SMILES string of the molecule is O=C1CCCN1c1oc(-c2ccc(Cl)cc2F)c(O)c1O. The number of nitrogens with zero attached hydrogens (tertiary/aromatic N) is 1. The van der Waals surface area contributed by atoms with E-state index >= 15 is 0 Å². The van der Waals surface area contributed by atoms with Crippen LogP contribution in [0.2, 0.25) is 5.02 Å². The Labute approximate surface area is 124 Å². The van der Waals surface area contributed by atoms with Crippen LogP contribution in [0.25, 0.3) is 11.3 Å². The first kappa shape index (κ1) is 13.8. The van der Waals surface area contributed by atoms with E-state index < -0.39 is 17.3 Å². The van der Waals surface area contributed by atoms with Crippen molar-refractivity contribution >= 4 is 23.4 Å². The Balaban J connectivity index is 2.10. The highest BCUT2D eigenvalue weighted by Gasteiger charge is 2.31. The quantitative estimate of drug-likeness (QED) is 0.892. The van der Waals surface area contributed by atoms with Crippen molar-refractivity contribution in [3.8, 4) is 22.8 Å². The van der Waals surface area contributed by atoms with Crippen molar-refractivity contribution in [3.05, 3.63) is 29.0 Å². The fraction of sp³-hybridized carbons (Fsp3) is 0.214. The van der Waals surface area contributed by atoms with E-state index in [4.69, 9.17) is 16.0 Å². The van der Waals surface area contributed by atoms with Crippen LogP contribution in [-0.4, -0.2) is 22.7 Å². The number of amides is 1. The number of rotatable bonds is 2. The highest BCUT2D eigenvalue weighted by Crippen LogP contribution is 2.48. The normalized spacial score (nSPS) is 15.0. The van der Waals surface area contributed by atoms with Crippen molar-refractivity contribution in [1.29, 1.82) is 0 Å². The number of carbonyl (C=O) groups excluding carboxylic acids is 1. The Morgan fingerprint density at radius 3 is 2.67 bits per heavy atom. The summed E-state index contributed by atoms with van der Waals surface area (Å²) >= 11 is 5.67. The second-order valence-electron chi connectivity index (χ2n) is 4.71. The van der Waals surface area contributed by atoms with Crippen LogP contribution in [0.3, 0.4) is 0 Å². The van der Waals surface area contributed by atoms with Crippen LogP contribution in [0.5, 0.6) is 11.5 Å². The molecule has 0 unspecified atom stereocenters. The molecule has 1 aromatic heterocycles. The smallest absolute Gasteiger partial charge is 0.249 e. The molecule has 0 aliphatic carbocycles. The second-order valence-corrected chi connectivity index (χ2v) is 5.14. The van der Waals surface area contributed by atoms with Gasteiger partial charge in [0.2, 0.25) is 23.3 Å². The molecule has 110 valence electrons. The lowest BCUT2D eigenvalue weighted by molar-refractivity contribution is -0.117. The van der Waals surface area contributed by atoms with Gasteiger partial charge in [-0.3, -0.25) is 9.69 Å². The molecule has 0 atom stereocenters. The lowest BCUT2D eigenvalue weighted by Crippen LogP contribution is -2.23. The van der Waals surface area contributed by atoms with Crippen molar-refractivity contribution in [2.45, 2.75) is 12.8 Å². The van der Waals surface area contributed by atoms with Gasteiger partial charge < -0.3 is 14.6 Å². The first-order valence-electron chi connectivity index (χ1n) is 6.29. The third kappa shape index (κ3) is 2.21. The van der Waals surface area contributed by atoms with Crippen molar-refractivity contribution in [1.82, 2.24) is 0 Å². The Morgan fingerprint density at radius 2 is 2.05 bits per heavy atom. The molecule has 1 aliphatic heterocycles. The van der Waals surface area contributed by atoms with Crippen LogP contribution >= 0.6 is 11.6 Å². The number of aromatic hydroxyl groups is 2. The average Bonchev–Trinajstić information content (AvgIpc) is 2.97. The number of benzene rings is 1. The molecule has 1 aliphatic rings. The molecule has 0 radical (unpaired) electrons. The molecule has 1 saturated heterocycles. The Hall–Kier alpha value is -2.21. The molecule has 0 bridgehead atoms. The topological polar surface area (TPSA) is 73.9 Å². The largest absolute Gasteiger partial charge is 0.502 e. The molecule has 2 N–H and O–H groups in total. The monoisotopic (exact) mass is 311 g/mol. The van der Waals surface area contributed by atoms with Gasteiger partial charge in [0.15, 0.2) is 5.76 Å². The van der Waals surface area contributed by atoms with Gasteiger partial charge >= 0.3 is 0 Å². The predicted molar refractivity (Wildman–Crippen MR) is 74.0 cm³/mol. The van der Waals surface area contributed by atoms with E-state index in [0.717, 1.165) is 6.07 Å². The summed E-state index contributed by atoms with van der Waals surface area (Å²) in [5, 5.41) is 20.0. The van der Waals surface area contributed by atoms with Gasteiger partial charge in [0, 0.05) is 18.0 Å². The number of anilines is 1. The highest BCUT2D eigenvalue weighted by atomic mass is 35.5. The summed E-state index contributed by atoms with van der Waals surface area (Å²) in [4.78, 5) is 12.9. The Kier molecular flexibility index (Phi) is 3.25. The molecular weight excluding hydrogens is 301 g/mol. The van der Waals surface area contributed by atoms with Crippen molar-refractivity contribution in [3.63, 3.8) is 0 Å². The molecule has 0 saturated carbocycles. The maximum atomic E-state index is 13.9. The van der Waals surface area contributed by atoms with Crippen molar-refractivity contribution in [2.75, 3.05) is 11.4 Å². The van der Waals surface area contributed by atoms with Gasteiger partial charge in [-0.25, -0.2) is 4.39 Å². The first-order chi connectivity index (χ1) is 9.99. The fourth-order valence-corrected chi connectivity index (χ4v) is 2.46. The summed E-state index contributed by atoms with van der Waals surface area (Å²) in [5.41, 5.74) is -0.0508. The summed E-state index contributed by atoms with van der Waals surface area (Å²) in [6.45, 7) is 0.377. The predicted octanol–water partition coefficient (Wildman–Crippen LogP) is 3.28. The van der Waals surface area contributed by atoms with Gasteiger partial charge in [-0.1, -0.05) is 11.6 Å². The summed E-state index contributed by atoms with van der Waals surface area (Å²) < 4.78 is 19.2. The Bertz CT molecular complexity index is 728. The lowest BCUT2D eigenvalue weighted by atomic mass is 10.1. The highest BCUT2D eigenvalue weighted by molar-refractivity contribution is 6.30. The lowest BCUT2D eigenvalue weighted by Gasteiger charge is -2.11. The fourth-order valence-electron chi connectivity index (χ4n) is 2.30. The number of furan rings is 1. The molecule has 3 rings (SSSR count). The zero-order valence-electron chi connectivity index (χ0n) is 10.8. The number of hydrogen-bond donors (Lipinski definition) is 2. The number of halogens is 2. The van der Waals surface area contributed by atoms with Crippen LogP contribution in [0.15, 0.2) is 22.6 Å². The summed E-state index contributed by atoms with van der Waals surface area (Å²) in [7, 11) is 0. The van der Waals surface area contributed by atoms with E-state index in [-0.39, 0.29) is 28.1 Å². The molecule has 2 aromatic rings. The second kappa shape index (κ2) is 4.96. The van der Waals surface area contributed by atoms with Gasteiger partial charge in [0.05, 0.1) is 5.56 Å². The minimum Gasteiger partial charge on any atom is -0.502 e. The van der Waals surface area contributed by atoms with Gasteiger partial charge in [0.25, 0.3) is 0 Å². The average molecular weight is 312 g/mol. The Morgan fingerprint density at radius 1 is 1.29 bits per heavy atom. The van der Waals surface area contributed by atoms with Crippen LogP contribution in [-0.2, 0) is 4.79 Å². The third-order valence-electron chi connectivity index (χ3n) is 3.34. The standard InChI is InChI=1S/C14H11ClFNO4/c15-7-3-4-8(9(16)6-7)13-11(19)12(20)14(21-13)17-5-1-2-10(17)18/h3-4,6,19-20H,1-2,5H2. The van der Waals surface area contributed by atoms with Crippen LogP contribution in [0.4, 0.5) is 10.3 Å².